The van der Waals surface area contributed by atoms with Gasteiger partial charge in [-0.2, -0.15) is 5.10 Å². The Bertz CT molecular complexity index is 475. The van der Waals surface area contributed by atoms with Crippen molar-refractivity contribution < 1.29 is 29.7 Å². The fourth-order valence-electron chi connectivity index (χ4n) is 1.54. The van der Waals surface area contributed by atoms with E-state index in [-0.39, 0.29) is 44.5 Å². The summed E-state index contributed by atoms with van der Waals surface area (Å²) in [5.41, 5.74) is 0. The van der Waals surface area contributed by atoms with Gasteiger partial charge in [0.1, 0.15) is 5.82 Å². The summed E-state index contributed by atoms with van der Waals surface area (Å²) < 4.78 is 1.33. The molecule has 0 amide bonds. The van der Waals surface area contributed by atoms with Crippen molar-refractivity contribution in [3.63, 3.8) is 0 Å². The van der Waals surface area contributed by atoms with Gasteiger partial charge in [-0.25, -0.2) is 9.67 Å². The van der Waals surface area contributed by atoms with E-state index in [9.17, 15) is 14.4 Å². The van der Waals surface area contributed by atoms with E-state index in [0.29, 0.717) is 5.82 Å². The second-order valence-corrected chi connectivity index (χ2v) is 4.10. The van der Waals surface area contributed by atoms with Crippen LogP contribution in [-0.4, -0.2) is 48.0 Å². The lowest BCUT2D eigenvalue weighted by molar-refractivity contribution is -0.138. The summed E-state index contributed by atoms with van der Waals surface area (Å²) in [6.07, 6.45) is -0.211. The summed E-state index contributed by atoms with van der Waals surface area (Å²) in [5.74, 6) is -2.35. The number of aryl methyl sites for hydroxylation is 3. The summed E-state index contributed by atoms with van der Waals surface area (Å²) in [6.45, 7) is 0.0738. The van der Waals surface area contributed by atoms with Crippen LogP contribution in [0.25, 0.3) is 0 Å². The van der Waals surface area contributed by atoms with Gasteiger partial charge in [0.15, 0.2) is 5.82 Å². The summed E-state index contributed by atoms with van der Waals surface area (Å²) in [7, 11) is 0. The molecule has 0 aliphatic carbocycles. The largest absolute Gasteiger partial charge is 0.481 e. The Labute approximate surface area is 113 Å². The molecule has 0 fully saturated rings. The van der Waals surface area contributed by atoms with Gasteiger partial charge in [0, 0.05) is 12.8 Å². The lowest BCUT2D eigenvalue weighted by Gasteiger charge is -2.02. The van der Waals surface area contributed by atoms with Crippen LogP contribution in [0.4, 0.5) is 0 Å². The molecule has 0 radical (unpaired) electrons. The van der Waals surface area contributed by atoms with Crippen LogP contribution in [0.5, 0.6) is 0 Å². The summed E-state index contributed by atoms with van der Waals surface area (Å²) >= 11 is 0. The van der Waals surface area contributed by atoms with Crippen molar-refractivity contribution in [2.45, 2.75) is 38.6 Å². The van der Waals surface area contributed by atoms with Crippen molar-refractivity contribution in [2.24, 2.45) is 0 Å². The van der Waals surface area contributed by atoms with E-state index in [1.54, 1.807) is 0 Å². The van der Waals surface area contributed by atoms with Crippen molar-refractivity contribution >= 4 is 17.9 Å². The molecule has 9 heteroatoms. The van der Waals surface area contributed by atoms with Crippen LogP contribution in [-0.2, 0) is 33.8 Å². The number of carbonyl (C=O) groups is 3. The van der Waals surface area contributed by atoms with E-state index in [1.807, 2.05) is 0 Å². The van der Waals surface area contributed by atoms with E-state index >= 15 is 0 Å². The van der Waals surface area contributed by atoms with Gasteiger partial charge in [0.05, 0.1) is 25.8 Å². The number of carboxylic acid groups (broad SMARTS) is 3. The fourth-order valence-corrected chi connectivity index (χ4v) is 1.54. The highest BCUT2D eigenvalue weighted by atomic mass is 16.4. The van der Waals surface area contributed by atoms with Crippen LogP contribution in [0.3, 0.4) is 0 Å². The molecule has 20 heavy (non-hydrogen) atoms. The SMILES string of the molecule is O=C(O)CCc1nc(CCC(=O)O)n(CCC(=O)O)n1. The molecule has 0 saturated carbocycles. The number of aliphatic carboxylic acids is 3. The highest BCUT2D eigenvalue weighted by Crippen LogP contribution is 2.06. The average Bonchev–Trinajstić information content (AvgIpc) is 2.73. The van der Waals surface area contributed by atoms with Gasteiger partial charge in [-0.05, 0) is 0 Å². The van der Waals surface area contributed by atoms with Crippen LogP contribution >= 0.6 is 0 Å². The monoisotopic (exact) mass is 285 g/mol. The molecular weight excluding hydrogens is 270 g/mol. The third kappa shape index (κ3) is 5.46. The standard InChI is InChI=1S/C11H15N3O6/c15-9(16)3-1-7-12-8(2-4-10(17)18)14(13-7)6-5-11(19)20/h1-6H2,(H,15,16)(H,17,18)(H,19,20). The molecule has 0 aliphatic rings. The number of hydrogen-bond donors (Lipinski definition) is 3. The third-order valence-electron chi connectivity index (χ3n) is 2.45. The average molecular weight is 285 g/mol. The summed E-state index contributed by atoms with van der Waals surface area (Å²) in [4.78, 5) is 35.6. The Kier molecular flexibility index (Phi) is 5.63. The third-order valence-corrected chi connectivity index (χ3v) is 2.45. The van der Waals surface area contributed by atoms with Crippen LogP contribution < -0.4 is 0 Å². The molecule has 0 atom stereocenters. The van der Waals surface area contributed by atoms with E-state index < -0.39 is 17.9 Å². The second-order valence-electron chi connectivity index (χ2n) is 4.10. The maximum atomic E-state index is 10.5. The summed E-state index contributed by atoms with van der Waals surface area (Å²) in [5, 5.41) is 29.9. The molecule has 3 N–H and O–H groups in total. The van der Waals surface area contributed by atoms with Gasteiger partial charge in [-0.15, -0.1) is 0 Å². The molecule has 0 aliphatic heterocycles. The molecule has 1 rings (SSSR count). The molecule has 0 unspecified atom stereocenters. The van der Waals surface area contributed by atoms with E-state index in [1.165, 1.54) is 4.68 Å². The van der Waals surface area contributed by atoms with E-state index in [0.717, 1.165) is 0 Å². The molecular formula is C11H15N3O6. The zero-order valence-electron chi connectivity index (χ0n) is 10.7. The van der Waals surface area contributed by atoms with Gasteiger partial charge in [0.2, 0.25) is 0 Å². The van der Waals surface area contributed by atoms with Crippen LogP contribution in [0.15, 0.2) is 0 Å². The van der Waals surface area contributed by atoms with Gasteiger partial charge >= 0.3 is 17.9 Å². The lowest BCUT2D eigenvalue weighted by Crippen LogP contribution is -2.11. The molecule has 0 aromatic carbocycles. The van der Waals surface area contributed by atoms with E-state index in [2.05, 4.69) is 10.1 Å². The first-order valence-electron chi connectivity index (χ1n) is 5.96. The fraction of sp³-hybridized carbons (Fsp3) is 0.545. The topological polar surface area (TPSA) is 143 Å². The summed E-state index contributed by atoms with van der Waals surface area (Å²) in [6, 6.07) is 0. The Hall–Kier alpha value is -2.45. The van der Waals surface area contributed by atoms with Crippen molar-refractivity contribution in [3.8, 4) is 0 Å². The van der Waals surface area contributed by atoms with Crippen LogP contribution in [0.1, 0.15) is 30.9 Å². The van der Waals surface area contributed by atoms with Gasteiger partial charge in [-0.3, -0.25) is 14.4 Å². The van der Waals surface area contributed by atoms with Crippen molar-refractivity contribution in [3.05, 3.63) is 11.6 Å². The smallest absolute Gasteiger partial charge is 0.305 e. The first-order chi connectivity index (χ1) is 9.38. The molecule has 1 aromatic heterocycles. The van der Waals surface area contributed by atoms with Crippen molar-refractivity contribution in [1.29, 1.82) is 0 Å². The maximum Gasteiger partial charge on any atom is 0.305 e. The minimum atomic E-state index is -1.00. The Morgan fingerprint density at radius 1 is 0.900 bits per heavy atom. The number of aromatic nitrogens is 3. The number of rotatable bonds is 9. The number of hydrogen-bond acceptors (Lipinski definition) is 5. The quantitative estimate of drug-likeness (QED) is 0.565. The van der Waals surface area contributed by atoms with Crippen LogP contribution in [0.2, 0.25) is 0 Å². The Morgan fingerprint density at radius 3 is 2.00 bits per heavy atom. The van der Waals surface area contributed by atoms with E-state index in [4.69, 9.17) is 15.3 Å². The Balaban J connectivity index is 2.77. The van der Waals surface area contributed by atoms with Crippen molar-refractivity contribution in [2.75, 3.05) is 0 Å². The van der Waals surface area contributed by atoms with Gasteiger partial charge < -0.3 is 15.3 Å². The molecule has 0 bridgehead atoms. The highest BCUT2D eigenvalue weighted by Gasteiger charge is 2.13. The van der Waals surface area contributed by atoms with Gasteiger partial charge in [-0.1, -0.05) is 0 Å². The predicted molar refractivity (Wildman–Crippen MR) is 64.2 cm³/mol. The van der Waals surface area contributed by atoms with Gasteiger partial charge in [0.25, 0.3) is 0 Å². The first-order valence-corrected chi connectivity index (χ1v) is 5.96. The predicted octanol–water partition coefficient (Wildman–Crippen LogP) is -0.213. The second kappa shape index (κ2) is 7.22. The minimum absolute atomic E-state index is 0.0738. The molecule has 1 aromatic rings. The normalized spacial score (nSPS) is 10.4. The van der Waals surface area contributed by atoms with Crippen molar-refractivity contribution in [1.82, 2.24) is 14.8 Å². The zero-order valence-corrected chi connectivity index (χ0v) is 10.7. The first kappa shape index (κ1) is 15.6. The highest BCUT2D eigenvalue weighted by molar-refractivity contribution is 5.67. The maximum absolute atomic E-state index is 10.5. The lowest BCUT2D eigenvalue weighted by atomic mass is 10.3. The number of carboxylic acids is 3. The molecule has 1 heterocycles. The molecule has 9 nitrogen and oxygen atoms in total. The molecule has 110 valence electrons. The molecule has 0 spiro atoms. The minimum Gasteiger partial charge on any atom is -0.481 e. The van der Waals surface area contributed by atoms with Crippen LogP contribution in [0, 0.1) is 0 Å². The molecule has 0 saturated heterocycles. The Morgan fingerprint density at radius 2 is 1.45 bits per heavy atom. The number of nitrogens with zero attached hydrogens (tertiary/aromatic N) is 3. The zero-order chi connectivity index (χ0) is 15.1.